The maximum Gasteiger partial charge on any atom is 0.227 e. The minimum absolute atomic E-state index is 0. The number of rotatable bonds is 9. The molecule has 24 heavy (non-hydrogen) atoms. The molecule has 6 nitrogen and oxygen atoms in total. The molecule has 1 aliphatic rings. The third-order valence-corrected chi connectivity index (χ3v) is 4.75. The zero-order valence-corrected chi connectivity index (χ0v) is 18.2. The molecule has 0 heterocycles. The van der Waals surface area contributed by atoms with E-state index in [1.807, 2.05) is 20.8 Å². The predicted octanol–water partition coefficient (Wildman–Crippen LogP) is 2.14. The standard InChI is InChI=1S/C17H34N4O2.HI/c1-6-19-14(22)16(2,3)12-20-15(18-4)21-13-17(8-7-9-17)10-11-23-5;/h6-13H2,1-5H3,(H,19,22)(H2,18,20,21);1H. The number of hydrogen-bond donors (Lipinski definition) is 3. The Bertz CT molecular complexity index is 409. The molecule has 0 atom stereocenters. The van der Waals surface area contributed by atoms with Gasteiger partial charge in [-0.15, -0.1) is 24.0 Å². The number of ether oxygens (including phenoxy) is 1. The first kappa shape index (κ1) is 23.4. The van der Waals surface area contributed by atoms with E-state index in [1.54, 1.807) is 14.2 Å². The highest BCUT2D eigenvalue weighted by atomic mass is 127. The Kier molecular flexibility index (Phi) is 10.9. The molecular weight excluding hydrogens is 419 g/mol. The Balaban J connectivity index is 0.00000529. The van der Waals surface area contributed by atoms with Crippen molar-refractivity contribution in [2.75, 3.05) is 40.4 Å². The molecule has 0 saturated heterocycles. The van der Waals surface area contributed by atoms with Gasteiger partial charge < -0.3 is 20.7 Å². The van der Waals surface area contributed by atoms with Crippen LogP contribution in [0.25, 0.3) is 0 Å². The Morgan fingerprint density at radius 3 is 2.38 bits per heavy atom. The summed E-state index contributed by atoms with van der Waals surface area (Å²) >= 11 is 0. The van der Waals surface area contributed by atoms with Gasteiger partial charge in [0.15, 0.2) is 5.96 Å². The van der Waals surface area contributed by atoms with Gasteiger partial charge in [-0.25, -0.2) is 0 Å². The normalized spacial score (nSPS) is 16.6. The fourth-order valence-corrected chi connectivity index (χ4v) is 2.79. The molecule has 0 bridgehead atoms. The number of hydrogen-bond acceptors (Lipinski definition) is 3. The zero-order valence-electron chi connectivity index (χ0n) is 15.8. The van der Waals surface area contributed by atoms with Crippen LogP contribution in [0.5, 0.6) is 0 Å². The van der Waals surface area contributed by atoms with Gasteiger partial charge in [-0.3, -0.25) is 9.79 Å². The number of methoxy groups -OCH3 is 1. The van der Waals surface area contributed by atoms with Crippen LogP contribution in [-0.4, -0.2) is 52.3 Å². The highest BCUT2D eigenvalue weighted by Crippen LogP contribution is 2.43. The largest absolute Gasteiger partial charge is 0.385 e. The van der Waals surface area contributed by atoms with Crippen LogP contribution in [0.4, 0.5) is 0 Å². The fourth-order valence-electron chi connectivity index (χ4n) is 2.79. The van der Waals surface area contributed by atoms with Crippen molar-refractivity contribution in [1.29, 1.82) is 0 Å². The summed E-state index contributed by atoms with van der Waals surface area (Å²) in [6.07, 6.45) is 4.86. The Morgan fingerprint density at radius 2 is 1.92 bits per heavy atom. The number of aliphatic imine (C=N–C) groups is 1. The van der Waals surface area contributed by atoms with Gasteiger partial charge in [-0.1, -0.05) is 6.42 Å². The first-order chi connectivity index (χ1) is 10.9. The van der Waals surface area contributed by atoms with E-state index < -0.39 is 5.41 Å². The van der Waals surface area contributed by atoms with Gasteiger partial charge in [0.25, 0.3) is 0 Å². The molecule has 1 amide bonds. The molecule has 1 aliphatic carbocycles. The lowest BCUT2D eigenvalue weighted by Crippen LogP contribution is -2.50. The van der Waals surface area contributed by atoms with Gasteiger partial charge >= 0.3 is 0 Å². The van der Waals surface area contributed by atoms with Crippen LogP contribution in [0.2, 0.25) is 0 Å². The summed E-state index contributed by atoms with van der Waals surface area (Å²) in [5.74, 6) is 0.810. The molecule has 1 saturated carbocycles. The van der Waals surface area contributed by atoms with E-state index in [0.717, 1.165) is 25.5 Å². The second kappa shape index (κ2) is 11.1. The van der Waals surface area contributed by atoms with E-state index in [2.05, 4.69) is 20.9 Å². The minimum atomic E-state index is -0.474. The fraction of sp³-hybridized carbons (Fsp3) is 0.882. The number of amides is 1. The van der Waals surface area contributed by atoms with Crippen LogP contribution in [0, 0.1) is 10.8 Å². The molecule has 1 fully saturated rings. The SMILES string of the molecule is CCNC(=O)C(C)(C)CNC(=NC)NCC1(CCOC)CCC1.I. The molecule has 0 spiro atoms. The molecule has 0 radical (unpaired) electrons. The van der Waals surface area contributed by atoms with E-state index in [0.29, 0.717) is 18.5 Å². The summed E-state index contributed by atoms with van der Waals surface area (Å²) in [7, 11) is 3.51. The van der Waals surface area contributed by atoms with Crippen LogP contribution in [0.1, 0.15) is 46.5 Å². The van der Waals surface area contributed by atoms with Gasteiger partial charge in [0.2, 0.25) is 5.91 Å². The van der Waals surface area contributed by atoms with Gasteiger partial charge in [-0.05, 0) is 45.4 Å². The number of carbonyl (C=O) groups excluding carboxylic acids is 1. The summed E-state index contributed by atoms with van der Waals surface area (Å²) in [6.45, 7) is 8.70. The minimum Gasteiger partial charge on any atom is -0.385 e. The van der Waals surface area contributed by atoms with Crippen LogP contribution < -0.4 is 16.0 Å². The number of halogens is 1. The third kappa shape index (κ3) is 7.13. The molecule has 0 unspecified atom stereocenters. The van der Waals surface area contributed by atoms with Crippen molar-refractivity contribution < 1.29 is 9.53 Å². The topological polar surface area (TPSA) is 74.8 Å². The van der Waals surface area contributed by atoms with Crippen molar-refractivity contribution in [3.63, 3.8) is 0 Å². The lowest BCUT2D eigenvalue weighted by atomic mass is 9.67. The quantitative estimate of drug-likeness (QED) is 0.284. The lowest BCUT2D eigenvalue weighted by Gasteiger charge is -2.42. The van der Waals surface area contributed by atoms with E-state index >= 15 is 0 Å². The van der Waals surface area contributed by atoms with Crippen molar-refractivity contribution in [1.82, 2.24) is 16.0 Å². The summed E-state index contributed by atoms with van der Waals surface area (Å²) in [5, 5.41) is 9.56. The second-order valence-corrected chi connectivity index (χ2v) is 7.12. The summed E-state index contributed by atoms with van der Waals surface area (Å²) < 4.78 is 5.23. The molecular formula is C17H35IN4O2. The van der Waals surface area contributed by atoms with Crippen molar-refractivity contribution in [2.24, 2.45) is 15.8 Å². The van der Waals surface area contributed by atoms with E-state index in [4.69, 9.17) is 4.74 Å². The maximum atomic E-state index is 12.0. The molecule has 3 N–H and O–H groups in total. The van der Waals surface area contributed by atoms with Gasteiger partial charge in [0.1, 0.15) is 0 Å². The first-order valence-corrected chi connectivity index (χ1v) is 8.61. The van der Waals surface area contributed by atoms with Crippen molar-refractivity contribution in [3.05, 3.63) is 0 Å². The van der Waals surface area contributed by atoms with Crippen molar-refractivity contribution >= 4 is 35.8 Å². The van der Waals surface area contributed by atoms with Crippen LogP contribution >= 0.6 is 24.0 Å². The number of nitrogens with zero attached hydrogens (tertiary/aromatic N) is 1. The van der Waals surface area contributed by atoms with Gasteiger partial charge in [-0.2, -0.15) is 0 Å². The average molecular weight is 454 g/mol. The third-order valence-electron chi connectivity index (χ3n) is 4.75. The molecule has 0 aliphatic heterocycles. The summed E-state index contributed by atoms with van der Waals surface area (Å²) in [6, 6.07) is 0. The van der Waals surface area contributed by atoms with Crippen molar-refractivity contribution in [2.45, 2.75) is 46.5 Å². The Hall–Kier alpha value is -0.570. The molecule has 0 aromatic rings. The van der Waals surface area contributed by atoms with Crippen LogP contribution in [0.3, 0.4) is 0 Å². The van der Waals surface area contributed by atoms with Gasteiger partial charge in [0.05, 0.1) is 5.41 Å². The summed E-state index contributed by atoms with van der Waals surface area (Å²) in [5.41, 5.74) is -0.138. The molecule has 7 heteroatoms. The molecule has 0 aromatic heterocycles. The van der Waals surface area contributed by atoms with Crippen LogP contribution in [-0.2, 0) is 9.53 Å². The number of carbonyl (C=O) groups is 1. The number of guanidine groups is 1. The van der Waals surface area contributed by atoms with E-state index in [-0.39, 0.29) is 29.9 Å². The molecule has 142 valence electrons. The van der Waals surface area contributed by atoms with E-state index in [9.17, 15) is 4.79 Å². The second-order valence-electron chi connectivity index (χ2n) is 7.12. The predicted molar refractivity (Wildman–Crippen MR) is 110 cm³/mol. The van der Waals surface area contributed by atoms with E-state index in [1.165, 1.54) is 19.3 Å². The number of nitrogens with one attached hydrogen (secondary N) is 3. The summed E-state index contributed by atoms with van der Waals surface area (Å²) in [4.78, 5) is 16.3. The Morgan fingerprint density at radius 1 is 1.25 bits per heavy atom. The molecule has 1 rings (SSSR count). The average Bonchev–Trinajstić information content (AvgIpc) is 2.48. The van der Waals surface area contributed by atoms with Crippen molar-refractivity contribution in [3.8, 4) is 0 Å². The zero-order chi connectivity index (χ0) is 17.3. The highest BCUT2D eigenvalue weighted by molar-refractivity contribution is 14.0. The smallest absolute Gasteiger partial charge is 0.227 e. The Labute approximate surface area is 164 Å². The van der Waals surface area contributed by atoms with Gasteiger partial charge in [0, 0.05) is 40.4 Å². The monoisotopic (exact) mass is 454 g/mol. The molecule has 0 aromatic carbocycles. The lowest BCUT2D eigenvalue weighted by molar-refractivity contribution is -0.128. The van der Waals surface area contributed by atoms with Crippen LogP contribution in [0.15, 0.2) is 4.99 Å². The highest BCUT2D eigenvalue weighted by Gasteiger charge is 2.36. The first-order valence-electron chi connectivity index (χ1n) is 8.61. The maximum absolute atomic E-state index is 12.0.